The van der Waals surface area contributed by atoms with E-state index in [2.05, 4.69) is 29.4 Å². The summed E-state index contributed by atoms with van der Waals surface area (Å²) in [5.41, 5.74) is 2.04. The van der Waals surface area contributed by atoms with Crippen molar-refractivity contribution in [2.45, 2.75) is 57.3 Å². The molecule has 1 aliphatic heterocycles. The van der Waals surface area contributed by atoms with Crippen molar-refractivity contribution in [1.29, 1.82) is 0 Å². The Bertz CT molecular complexity index is 707. The van der Waals surface area contributed by atoms with Gasteiger partial charge in [0.15, 0.2) is 0 Å². The normalized spacial score (nSPS) is 21.0. The molecule has 24 heavy (non-hydrogen) atoms. The highest BCUT2D eigenvalue weighted by molar-refractivity contribution is 7.99. The van der Waals surface area contributed by atoms with Crippen molar-refractivity contribution in [3.8, 4) is 5.69 Å². The molecule has 1 fully saturated rings. The summed E-state index contributed by atoms with van der Waals surface area (Å²) in [4.78, 5) is 14.7. The number of para-hydroxylation sites is 1. The minimum atomic E-state index is 0.166. The van der Waals surface area contributed by atoms with Gasteiger partial charge in [0.25, 0.3) is 0 Å². The molecule has 0 unspecified atom stereocenters. The van der Waals surface area contributed by atoms with Crippen LogP contribution in [-0.2, 0) is 4.79 Å². The molecule has 2 aromatic rings. The molecule has 1 aromatic heterocycles. The van der Waals surface area contributed by atoms with Crippen LogP contribution in [0.15, 0.2) is 29.4 Å². The van der Waals surface area contributed by atoms with Crippen LogP contribution in [0.3, 0.4) is 0 Å². The van der Waals surface area contributed by atoms with Crippen LogP contribution in [0.2, 0.25) is 0 Å². The van der Waals surface area contributed by atoms with Crippen molar-refractivity contribution in [3.63, 3.8) is 0 Å². The minimum absolute atomic E-state index is 0.166. The number of carbonyl (C=O) groups is 1. The molecule has 0 bridgehead atoms. The second kappa shape index (κ2) is 7.34. The largest absolute Gasteiger partial charge is 0.337 e. The number of piperidine rings is 1. The lowest BCUT2D eigenvalue weighted by Crippen LogP contribution is -2.48. The third kappa shape index (κ3) is 3.45. The summed E-state index contributed by atoms with van der Waals surface area (Å²) in [6, 6.07) is 8.57. The number of nitrogens with zero attached hydrogens (tertiary/aromatic N) is 5. The van der Waals surface area contributed by atoms with Crippen LogP contribution in [0.1, 0.15) is 38.7 Å². The van der Waals surface area contributed by atoms with Gasteiger partial charge >= 0.3 is 0 Å². The summed E-state index contributed by atoms with van der Waals surface area (Å²) in [7, 11) is 0. The summed E-state index contributed by atoms with van der Waals surface area (Å²) in [6.07, 6.45) is 3.37. The van der Waals surface area contributed by atoms with Crippen molar-refractivity contribution in [1.82, 2.24) is 25.1 Å². The Hall–Kier alpha value is -1.89. The molecule has 0 radical (unpaired) electrons. The molecule has 7 heteroatoms. The first-order valence-corrected chi connectivity index (χ1v) is 9.35. The van der Waals surface area contributed by atoms with E-state index in [9.17, 15) is 4.79 Å². The Labute approximate surface area is 146 Å². The van der Waals surface area contributed by atoms with Crippen LogP contribution in [0.25, 0.3) is 5.69 Å². The molecule has 0 N–H and O–H groups in total. The number of aromatic nitrogens is 4. The monoisotopic (exact) mass is 345 g/mol. The zero-order chi connectivity index (χ0) is 17.1. The predicted octanol–water partition coefficient (Wildman–Crippen LogP) is 2.85. The molecule has 2 atom stereocenters. The lowest BCUT2D eigenvalue weighted by atomic mass is 9.98. The molecule has 6 nitrogen and oxygen atoms in total. The first-order chi connectivity index (χ1) is 11.6. The number of aryl methyl sites for hydroxylation is 1. The fourth-order valence-corrected chi connectivity index (χ4v) is 4.09. The Morgan fingerprint density at radius 2 is 1.96 bits per heavy atom. The number of hydrogen-bond acceptors (Lipinski definition) is 5. The average Bonchev–Trinajstić information content (AvgIpc) is 3.01. The van der Waals surface area contributed by atoms with E-state index in [-0.39, 0.29) is 5.91 Å². The first-order valence-electron chi connectivity index (χ1n) is 8.36. The molecule has 1 amide bonds. The maximum absolute atomic E-state index is 12.7. The summed E-state index contributed by atoms with van der Waals surface area (Å²) in [5, 5.41) is 12.6. The van der Waals surface area contributed by atoms with Gasteiger partial charge in [-0.15, -0.1) is 5.10 Å². The highest BCUT2D eigenvalue weighted by atomic mass is 32.2. The van der Waals surface area contributed by atoms with Gasteiger partial charge in [-0.1, -0.05) is 30.0 Å². The summed E-state index contributed by atoms with van der Waals surface area (Å²) in [5.74, 6) is 0.528. The number of likely N-dealkylation sites (tertiary alicyclic amines) is 1. The third-order valence-corrected chi connectivity index (χ3v) is 5.49. The van der Waals surface area contributed by atoms with Gasteiger partial charge < -0.3 is 4.90 Å². The SMILES string of the molecule is Cc1ccccc1-n1nnnc1SCC(=O)N1[C@H](C)CCC[C@@H]1C. The van der Waals surface area contributed by atoms with E-state index in [1.165, 1.54) is 18.2 Å². The topological polar surface area (TPSA) is 63.9 Å². The zero-order valence-corrected chi connectivity index (χ0v) is 15.2. The standard InChI is InChI=1S/C17H23N5OS/c1-12-7-4-5-10-15(12)22-17(18-19-20-22)24-11-16(23)21-13(2)8-6-9-14(21)3/h4-5,7,10,13-14H,6,8-9,11H2,1-3H3/t13-,14+. The molecule has 0 saturated carbocycles. The van der Waals surface area contributed by atoms with Gasteiger partial charge in [-0.05, 0) is 62.1 Å². The van der Waals surface area contributed by atoms with Crippen molar-refractivity contribution < 1.29 is 4.79 Å². The zero-order valence-electron chi connectivity index (χ0n) is 14.3. The number of hydrogen-bond donors (Lipinski definition) is 0. The Balaban J connectivity index is 1.71. The highest BCUT2D eigenvalue weighted by Gasteiger charge is 2.29. The second-order valence-electron chi connectivity index (χ2n) is 6.38. The third-order valence-electron chi connectivity index (χ3n) is 4.59. The number of tetrazole rings is 1. The van der Waals surface area contributed by atoms with Crippen molar-refractivity contribution in [2.75, 3.05) is 5.75 Å². The summed E-state index contributed by atoms with van der Waals surface area (Å²) < 4.78 is 1.70. The smallest absolute Gasteiger partial charge is 0.233 e. The van der Waals surface area contributed by atoms with Gasteiger partial charge in [0.05, 0.1) is 11.4 Å². The molecule has 3 rings (SSSR count). The molecule has 1 aromatic carbocycles. The van der Waals surface area contributed by atoms with Crippen LogP contribution in [0, 0.1) is 6.92 Å². The van der Waals surface area contributed by atoms with E-state index in [1.54, 1.807) is 4.68 Å². The van der Waals surface area contributed by atoms with Gasteiger partial charge in [0.2, 0.25) is 11.1 Å². The van der Waals surface area contributed by atoms with Crippen molar-refractivity contribution >= 4 is 17.7 Å². The average molecular weight is 345 g/mol. The number of thioether (sulfide) groups is 1. The van der Waals surface area contributed by atoms with Crippen LogP contribution >= 0.6 is 11.8 Å². The summed E-state index contributed by atoms with van der Waals surface area (Å²) in [6.45, 7) is 6.29. The van der Waals surface area contributed by atoms with Crippen LogP contribution in [0.4, 0.5) is 0 Å². The predicted molar refractivity (Wildman–Crippen MR) is 94.2 cm³/mol. The van der Waals surface area contributed by atoms with Crippen LogP contribution in [0.5, 0.6) is 0 Å². The van der Waals surface area contributed by atoms with Gasteiger partial charge in [-0.3, -0.25) is 4.79 Å². The van der Waals surface area contributed by atoms with Gasteiger partial charge in [0, 0.05) is 12.1 Å². The minimum Gasteiger partial charge on any atom is -0.337 e. The fourth-order valence-electron chi connectivity index (χ4n) is 3.33. The number of benzene rings is 1. The van der Waals surface area contributed by atoms with E-state index in [0.717, 1.165) is 24.1 Å². The van der Waals surface area contributed by atoms with E-state index in [0.29, 0.717) is 23.0 Å². The molecular formula is C17H23N5OS. The first kappa shape index (κ1) is 17.0. The van der Waals surface area contributed by atoms with E-state index < -0.39 is 0 Å². The van der Waals surface area contributed by atoms with Crippen LogP contribution in [-0.4, -0.2) is 48.9 Å². The van der Waals surface area contributed by atoms with Crippen molar-refractivity contribution in [2.24, 2.45) is 0 Å². The molecular weight excluding hydrogens is 322 g/mol. The molecule has 2 heterocycles. The lowest BCUT2D eigenvalue weighted by Gasteiger charge is -2.39. The number of carbonyl (C=O) groups excluding carboxylic acids is 1. The molecule has 0 aliphatic carbocycles. The Kier molecular flexibility index (Phi) is 5.18. The molecule has 0 spiro atoms. The van der Waals surface area contributed by atoms with Gasteiger partial charge in [0.1, 0.15) is 0 Å². The van der Waals surface area contributed by atoms with Gasteiger partial charge in [-0.25, -0.2) is 0 Å². The quantitative estimate of drug-likeness (QED) is 0.797. The Morgan fingerprint density at radius 3 is 2.67 bits per heavy atom. The molecule has 128 valence electrons. The van der Waals surface area contributed by atoms with E-state index in [4.69, 9.17) is 0 Å². The van der Waals surface area contributed by atoms with Gasteiger partial charge in [-0.2, -0.15) is 4.68 Å². The van der Waals surface area contributed by atoms with Crippen molar-refractivity contribution in [3.05, 3.63) is 29.8 Å². The second-order valence-corrected chi connectivity index (χ2v) is 7.32. The molecule has 1 saturated heterocycles. The Morgan fingerprint density at radius 1 is 1.25 bits per heavy atom. The fraction of sp³-hybridized carbons (Fsp3) is 0.529. The number of amides is 1. The molecule has 1 aliphatic rings. The number of rotatable bonds is 4. The van der Waals surface area contributed by atoms with E-state index in [1.807, 2.05) is 36.1 Å². The maximum Gasteiger partial charge on any atom is 0.233 e. The van der Waals surface area contributed by atoms with E-state index >= 15 is 0 Å². The highest BCUT2D eigenvalue weighted by Crippen LogP contribution is 2.25. The maximum atomic E-state index is 12.7. The van der Waals surface area contributed by atoms with Crippen LogP contribution < -0.4 is 0 Å². The lowest BCUT2D eigenvalue weighted by molar-refractivity contribution is -0.134. The summed E-state index contributed by atoms with van der Waals surface area (Å²) >= 11 is 1.40.